The topological polar surface area (TPSA) is 140 Å². The molecule has 3 aromatic heterocycles. The number of benzene rings is 1. The molecule has 12 heteroatoms. The van der Waals surface area contributed by atoms with Crippen LogP contribution in [0.15, 0.2) is 49.2 Å². The third-order valence-electron chi connectivity index (χ3n) is 7.81. The summed E-state index contributed by atoms with van der Waals surface area (Å²) in [6, 6.07) is 9.40. The first-order chi connectivity index (χ1) is 20.9. The lowest BCUT2D eigenvalue weighted by atomic mass is 9.92. The molecule has 234 valence electrons. The van der Waals surface area contributed by atoms with Crippen molar-refractivity contribution in [3.05, 3.63) is 71.7 Å². The molecule has 5 rings (SSSR count). The monoisotopic (exact) mass is 603 g/mol. The number of rotatable bonds is 11. The number of aryl methyl sites for hydroxylation is 1. The van der Waals surface area contributed by atoms with Gasteiger partial charge in [-0.15, -0.1) is 11.7 Å². The first-order valence-corrected chi connectivity index (χ1v) is 14.8. The van der Waals surface area contributed by atoms with E-state index in [-0.39, 0.29) is 12.2 Å². The van der Waals surface area contributed by atoms with Crippen LogP contribution in [0.4, 0.5) is 5.82 Å². The number of hydrogen-bond acceptors (Lipinski definition) is 9. The summed E-state index contributed by atoms with van der Waals surface area (Å²) < 4.78 is 15.6. The molecular formula is C32H41N7O5. The van der Waals surface area contributed by atoms with Crippen LogP contribution in [0.1, 0.15) is 69.2 Å². The highest BCUT2D eigenvalue weighted by molar-refractivity contribution is 5.78. The summed E-state index contributed by atoms with van der Waals surface area (Å²) in [4.78, 5) is 19.6. The Morgan fingerprint density at radius 2 is 1.95 bits per heavy atom. The molecule has 1 atom stereocenters. The number of hydrogen-bond donors (Lipinski definition) is 2. The van der Waals surface area contributed by atoms with E-state index in [0.717, 1.165) is 24.0 Å². The Morgan fingerprint density at radius 1 is 1.23 bits per heavy atom. The molecule has 1 unspecified atom stereocenters. The first kappa shape index (κ1) is 31.3. The summed E-state index contributed by atoms with van der Waals surface area (Å²) >= 11 is 0. The van der Waals surface area contributed by atoms with Crippen LogP contribution >= 0.6 is 0 Å². The maximum atomic E-state index is 12.7. The largest absolute Gasteiger partial charge is 0.479 e. The maximum absolute atomic E-state index is 12.7. The van der Waals surface area contributed by atoms with Crippen molar-refractivity contribution in [2.24, 2.45) is 0 Å². The van der Waals surface area contributed by atoms with Gasteiger partial charge in [-0.05, 0) is 53.0 Å². The van der Waals surface area contributed by atoms with E-state index in [0.29, 0.717) is 60.4 Å². The predicted octanol–water partition coefficient (Wildman–Crippen LogP) is 4.34. The zero-order valence-electron chi connectivity index (χ0n) is 26.0. The Balaban J connectivity index is 1.55. The molecule has 4 aromatic rings. The molecule has 12 nitrogen and oxygen atoms in total. The van der Waals surface area contributed by atoms with Crippen LogP contribution < -0.4 is 4.90 Å². The number of fused-ring (bicyclic) bond motifs is 1. The number of carboxylic acids is 1. The van der Waals surface area contributed by atoms with Crippen LogP contribution in [-0.4, -0.2) is 76.7 Å². The smallest absolute Gasteiger partial charge is 0.337 e. The van der Waals surface area contributed by atoms with Crippen LogP contribution in [0.2, 0.25) is 0 Å². The fourth-order valence-electron chi connectivity index (χ4n) is 5.61. The van der Waals surface area contributed by atoms with Gasteiger partial charge in [0.25, 0.3) is 0 Å². The minimum Gasteiger partial charge on any atom is -0.479 e. The molecule has 0 aliphatic carbocycles. The van der Waals surface area contributed by atoms with Gasteiger partial charge in [-0.1, -0.05) is 35.6 Å². The second kappa shape index (κ2) is 12.5. The first-order valence-electron chi connectivity index (χ1n) is 14.8. The number of aromatic nitrogens is 6. The van der Waals surface area contributed by atoms with Gasteiger partial charge < -0.3 is 24.6 Å². The van der Waals surface area contributed by atoms with Gasteiger partial charge in [0, 0.05) is 30.4 Å². The Bertz CT molecular complexity index is 1650. The molecule has 2 N–H and O–H groups in total. The van der Waals surface area contributed by atoms with Crippen molar-refractivity contribution >= 4 is 17.4 Å². The molecule has 1 aliphatic heterocycles. The van der Waals surface area contributed by atoms with Gasteiger partial charge >= 0.3 is 5.97 Å². The summed E-state index contributed by atoms with van der Waals surface area (Å²) in [6.07, 6.45) is 3.81. The van der Waals surface area contributed by atoms with Crippen molar-refractivity contribution in [3.8, 4) is 11.3 Å². The average Bonchev–Trinajstić information content (AvgIpc) is 3.61. The van der Waals surface area contributed by atoms with E-state index in [1.54, 1.807) is 15.3 Å². The normalized spacial score (nSPS) is 15.9. The molecule has 0 amide bonds. The number of anilines is 1. The van der Waals surface area contributed by atoms with E-state index >= 15 is 0 Å². The summed E-state index contributed by atoms with van der Waals surface area (Å²) in [5.74, 6) is -0.440. The molecule has 0 bridgehead atoms. The second-order valence-electron chi connectivity index (χ2n) is 12.4. The Kier molecular flexibility index (Phi) is 8.87. The summed E-state index contributed by atoms with van der Waals surface area (Å²) in [5, 5.41) is 33.6. The lowest BCUT2D eigenvalue weighted by Gasteiger charge is -2.41. The molecule has 1 aliphatic rings. The molecule has 0 saturated carbocycles. The lowest BCUT2D eigenvalue weighted by Crippen LogP contribution is -2.45. The quantitative estimate of drug-likeness (QED) is 0.238. The minimum absolute atomic E-state index is 0.0993. The zero-order chi connectivity index (χ0) is 31.6. The van der Waals surface area contributed by atoms with Crippen molar-refractivity contribution in [2.75, 3.05) is 24.6 Å². The molecule has 1 saturated heterocycles. The third kappa shape index (κ3) is 6.67. The van der Waals surface area contributed by atoms with Crippen LogP contribution in [0.25, 0.3) is 16.9 Å². The third-order valence-corrected chi connectivity index (χ3v) is 7.81. The average molecular weight is 604 g/mol. The SMILES string of the molecule is C=CCOC1(C)CCN(c2c(C(OC(C)(C)C)C(=O)O)c(C)nc3cc(Cn4cc(-c5ccccc5CO)nn4)nn23)CC1. The van der Waals surface area contributed by atoms with E-state index in [1.807, 2.05) is 64.2 Å². The number of aliphatic hydroxyl groups is 1. The standard InChI is InChI=1S/C32H41N7O5/c1-7-16-43-32(6)12-14-37(15-13-32)29-27(28(30(41)42)44-31(3,4)5)21(2)33-26-17-23(35-39(26)29)18-38-19-25(34-36-38)24-11-9-8-10-22(24)20-40/h7-11,17,19,28,40H,1,12-16,18,20H2,2-6H3,(H,41,42). The van der Waals surface area contributed by atoms with E-state index in [4.69, 9.17) is 19.6 Å². The molecule has 4 heterocycles. The van der Waals surface area contributed by atoms with Crippen LogP contribution in [0.5, 0.6) is 0 Å². The molecule has 44 heavy (non-hydrogen) atoms. The highest BCUT2D eigenvalue weighted by atomic mass is 16.5. The Morgan fingerprint density at radius 3 is 2.61 bits per heavy atom. The van der Waals surface area contributed by atoms with Gasteiger partial charge in [0.1, 0.15) is 11.5 Å². The van der Waals surface area contributed by atoms with E-state index in [1.165, 1.54) is 0 Å². The van der Waals surface area contributed by atoms with E-state index in [2.05, 4.69) is 28.7 Å². The number of carboxylic acid groups (broad SMARTS) is 1. The summed E-state index contributed by atoms with van der Waals surface area (Å²) in [5.41, 5.74) is 3.53. The second-order valence-corrected chi connectivity index (χ2v) is 12.4. The Labute approximate surface area is 256 Å². The predicted molar refractivity (Wildman–Crippen MR) is 165 cm³/mol. The summed E-state index contributed by atoms with van der Waals surface area (Å²) in [6.45, 7) is 15.2. The van der Waals surface area contributed by atoms with E-state index < -0.39 is 17.7 Å². The molecule has 0 radical (unpaired) electrons. The van der Waals surface area contributed by atoms with Gasteiger partial charge in [-0.2, -0.15) is 9.61 Å². The van der Waals surface area contributed by atoms with Crippen molar-refractivity contribution in [3.63, 3.8) is 0 Å². The van der Waals surface area contributed by atoms with Gasteiger partial charge in [-0.3, -0.25) is 0 Å². The zero-order valence-corrected chi connectivity index (χ0v) is 26.0. The fraction of sp³-hybridized carbons (Fsp3) is 0.469. The number of aliphatic hydroxyl groups excluding tert-OH is 1. The fourth-order valence-corrected chi connectivity index (χ4v) is 5.61. The van der Waals surface area contributed by atoms with Gasteiger partial charge in [-0.25, -0.2) is 14.5 Å². The number of nitrogens with zero attached hydrogens (tertiary/aromatic N) is 7. The van der Waals surface area contributed by atoms with Gasteiger partial charge in [0.15, 0.2) is 11.8 Å². The summed E-state index contributed by atoms with van der Waals surface area (Å²) in [7, 11) is 0. The van der Waals surface area contributed by atoms with Crippen LogP contribution in [-0.2, 0) is 27.4 Å². The molecule has 1 aromatic carbocycles. The highest BCUT2D eigenvalue weighted by Crippen LogP contribution is 2.37. The van der Waals surface area contributed by atoms with Crippen molar-refractivity contribution in [1.82, 2.24) is 29.6 Å². The van der Waals surface area contributed by atoms with Crippen molar-refractivity contribution in [1.29, 1.82) is 0 Å². The molecule has 0 spiro atoms. The molecule has 1 fully saturated rings. The number of ether oxygens (including phenoxy) is 2. The van der Waals surface area contributed by atoms with Gasteiger partial charge in [0.05, 0.1) is 48.4 Å². The van der Waals surface area contributed by atoms with Crippen molar-refractivity contribution < 1.29 is 24.5 Å². The van der Waals surface area contributed by atoms with Crippen LogP contribution in [0.3, 0.4) is 0 Å². The van der Waals surface area contributed by atoms with Crippen LogP contribution in [0, 0.1) is 6.92 Å². The van der Waals surface area contributed by atoms with Gasteiger partial charge in [0.2, 0.25) is 0 Å². The number of aliphatic carboxylic acids is 1. The number of carbonyl (C=O) groups is 1. The Hall–Kier alpha value is -4.13. The number of piperidine rings is 1. The van der Waals surface area contributed by atoms with E-state index in [9.17, 15) is 15.0 Å². The van der Waals surface area contributed by atoms with Crippen molar-refractivity contribution in [2.45, 2.75) is 77.9 Å². The lowest BCUT2D eigenvalue weighted by molar-refractivity contribution is -0.160. The maximum Gasteiger partial charge on any atom is 0.337 e. The molecular weight excluding hydrogens is 562 g/mol. The highest BCUT2D eigenvalue weighted by Gasteiger charge is 2.37. The minimum atomic E-state index is -1.25.